The zero-order valence-corrected chi connectivity index (χ0v) is 10.6. The molecule has 0 radical (unpaired) electrons. The van der Waals surface area contributed by atoms with Gasteiger partial charge in [-0.3, -0.25) is 0 Å². The monoisotopic (exact) mass is 263 g/mol. The second kappa shape index (κ2) is 6.39. The van der Waals surface area contributed by atoms with Gasteiger partial charge in [-0.2, -0.15) is 0 Å². The maximum Gasteiger partial charge on any atom is 0.0607 e. The third kappa shape index (κ3) is 4.04. The second-order valence-electron chi connectivity index (χ2n) is 3.08. The van der Waals surface area contributed by atoms with Crippen LogP contribution in [0, 0.1) is 0 Å². The van der Waals surface area contributed by atoms with Gasteiger partial charge in [0.2, 0.25) is 0 Å². The molecule has 0 saturated carbocycles. The lowest BCUT2D eigenvalue weighted by molar-refractivity contribution is 0.809. The number of rotatable bonds is 4. The lowest BCUT2D eigenvalue weighted by Gasteiger charge is -2.01. The van der Waals surface area contributed by atoms with Crippen LogP contribution in [-0.4, -0.2) is 13.6 Å². The Bertz CT molecular complexity index is 361. The first-order valence-electron chi connectivity index (χ1n) is 4.61. The molecule has 0 fully saturated rings. The van der Waals surface area contributed by atoms with Gasteiger partial charge >= 0.3 is 0 Å². The van der Waals surface area contributed by atoms with Crippen molar-refractivity contribution < 1.29 is 0 Å². The Morgan fingerprint density at radius 1 is 1.13 bits per heavy atom. The number of halogens is 3. The van der Waals surface area contributed by atoms with Gasteiger partial charge in [-0.1, -0.05) is 47.0 Å². The summed E-state index contributed by atoms with van der Waals surface area (Å²) in [5, 5.41) is 4.68. The molecular formula is C11H12Cl3N. The molecule has 4 heteroatoms. The van der Waals surface area contributed by atoms with E-state index in [1.165, 1.54) is 0 Å². The van der Waals surface area contributed by atoms with Crippen LogP contribution in [0.3, 0.4) is 0 Å². The third-order valence-electron chi connectivity index (χ3n) is 1.90. The molecule has 0 spiro atoms. The molecule has 0 amide bonds. The van der Waals surface area contributed by atoms with E-state index in [0.717, 1.165) is 18.5 Å². The molecule has 0 bridgehead atoms. The molecule has 0 aromatic heterocycles. The highest BCUT2D eigenvalue weighted by Crippen LogP contribution is 2.29. The molecule has 1 aromatic rings. The molecule has 1 nitrogen and oxygen atoms in total. The van der Waals surface area contributed by atoms with Crippen LogP contribution in [0.2, 0.25) is 15.1 Å². The highest BCUT2D eigenvalue weighted by Gasteiger charge is 2.02. The maximum atomic E-state index is 6.00. The zero-order chi connectivity index (χ0) is 11.3. The largest absolute Gasteiger partial charge is 0.319 e. The number of benzene rings is 1. The summed E-state index contributed by atoms with van der Waals surface area (Å²) in [5.74, 6) is 0. The Balaban J connectivity index is 2.77. The molecule has 1 aromatic carbocycles. The third-order valence-corrected chi connectivity index (χ3v) is 2.95. The number of hydrogen-bond donors (Lipinski definition) is 1. The summed E-state index contributed by atoms with van der Waals surface area (Å²) < 4.78 is 0. The van der Waals surface area contributed by atoms with Gasteiger partial charge in [-0.15, -0.1) is 0 Å². The van der Waals surface area contributed by atoms with Crippen molar-refractivity contribution in [3.63, 3.8) is 0 Å². The fourth-order valence-electron chi connectivity index (χ4n) is 1.10. The van der Waals surface area contributed by atoms with Gasteiger partial charge in [-0.05, 0) is 37.7 Å². The Kier molecular flexibility index (Phi) is 5.48. The minimum Gasteiger partial charge on any atom is -0.319 e. The highest BCUT2D eigenvalue weighted by molar-refractivity contribution is 6.43. The van der Waals surface area contributed by atoms with Crippen molar-refractivity contribution in [2.45, 2.75) is 6.42 Å². The van der Waals surface area contributed by atoms with Crippen LogP contribution in [-0.2, 0) is 0 Å². The molecule has 82 valence electrons. The van der Waals surface area contributed by atoms with E-state index in [4.69, 9.17) is 34.8 Å². The Morgan fingerprint density at radius 2 is 1.80 bits per heavy atom. The van der Waals surface area contributed by atoms with Crippen molar-refractivity contribution in [3.8, 4) is 0 Å². The molecule has 0 unspecified atom stereocenters. The van der Waals surface area contributed by atoms with E-state index in [1.807, 2.05) is 19.2 Å². The molecule has 15 heavy (non-hydrogen) atoms. The summed E-state index contributed by atoms with van der Waals surface area (Å²) in [6.45, 7) is 0.940. The van der Waals surface area contributed by atoms with E-state index in [2.05, 4.69) is 5.32 Å². The lowest BCUT2D eigenvalue weighted by Crippen LogP contribution is -2.05. The average Bonchev–Trinajstić information content (AvgIpc) is 2.20. The van der Waals surface area contributed by atoms with Crippen molar-refractivity contribution in [1.29, 1.82) is 0 Å². The van der Waals surface area contributed by atoms with Gasteiger partial charge in [-0.25, -0.2) is 0 Å². The first-order valence-corrected chi connectivity index (χ1v) is 5.74. The van der Waals surface area contributed by atoms with E-state index in [0.29, 0.717) is 15.1 Å². The molecule has 1 N–H and O–H groups in total. The van der Waals surface area contributed by atoms with E-state index >= 15 is 0 Å². The van der Waals surface area contributed by atoms with Crippen molar-refractivity contribution in [3.05, 3.63) is 38.8 Å². The summed E-state index contributed by atoms with van der Waals surface area (Å²) in [6.07, 6.45) is 4.94. The number of hydrogen-bond acceptors (Lipinski definition) is 1. The van der Waals surface area contributed by atoms with E-state index < -0.39 is 0 Å². The predicted molar refractivity (Wildman–Crippen MR) is 69.0 cm³/mol. The SMILES string of the molecule is CNCCC=Cc1cc(Cl)c(Cl)cc1Cl. The van der Waals surface area contributed by atoms with Crippen LogP contribution in [0.15, 0.2) is 18.2 Å². The topological polar surface area (TPSA) is 12.0 Å². The van der Waals surface area contributed by atoms with E-state index in [9.17, 15) is 0 Å². The molecule has 0 aliphatic heterocycles. The fraction of sp³-hybridized carbons (Fsp3) is 0.273. The van der Waals surface area contributed by atoms with Crippen LogP contribution in [0.25, 0.3) is 6.08 Å². The predicted octanol–water partition coefficient (Wildman–Crippen LogP) is 4.27. The van der Waals surface area contributed by atoms with Crippen LogP contribution in [0.5, 0.6) is 0 Å². The Labute approximate surface area is 105 Å². The molecule has 0 aliphatic carbocycles. The van der Waals surface area contributed by atoms with Crippen LogP contribution in [0.1, 0.15) is 12.0 Å². The molecule has 0 aliphatic rings. The highest BCUT2D eigenvalue weighted by atomic mass is 35.5. The van der Waals surface area contributed by atoms with Gasteiger partial charge in [0.05, 0.1) is 10.0 Å². The molecular weight excluding hydrogens is 252 g/mol. The quantitative estimate of drug-likeness (QED) is 0.632. The summed E-state index contributed by atoms with van der Waals surface area (Å²) in [4.78, 5) is 0. The van der Waals surface area contributed by atoms with Crippen molar-refractivity contribution in [2.75, 3.05) is 13.6 Å². The fourth-order valence-corrected chi connectivity index (χ4v) is 1.72. The second-order valence-corrected chi connectivity index (χ2v) is 4.30. The summed E-state index contributed by atoms with van der Waals surface area (Å²) in [6, 6.07) is 3.42. The lowest BCUT2D eigenvalue weighted by atomic mass is 10.2. The molecule has 0 atom stereocenters. The first kappa shape index (κ1) is 12.9. The van der Waals surface area contributed by atoms with Crippen molar-refractivity contribution >= 4 is 40.9 Å². The summed E-state index contributed by atoms with van der Waals surface area (Å²) in [7, 11) is 1.92. The zero-order valence-electron chi connectivity index (χ0n) is 8.36. The summed E-state index contributed by atoms with van der Waals surface area (Å²) >= 11 is 17.7. The van der Waals surface area contributed by atoms with E-state index in [1.54, 1.807) is 12.1 Å². The van der Waals surface area contributed by atoms with Gasteiger partial charge in [0, 0.05) is 5.02 Å². The first-order chi connectivity index (χ1) is 7.15. The average molecular weight is 265 g/mol. The van der Waals surface area contributed by atoms with Crippen LogP contribution >= 0.6 is 34.8 Å². The number of nitrogens with one attached hydrogen (secondary N) is 1. The van der Waals surface area contributed by atoms with Gasteiger partial charge in [0.25, 0.3) is 0 Å². The minimum atomic E-state index is 0.481. The van der Waals surface area contributed by atoms with Crippen molar-refractivity contribution in [2.24, 2.45) is 0 Å². The van der Waals surface area contributed by atoms with Gasteiger partial charge < -0.3 is 5.32 Å². The molecule has 1 rings (SSSR count). The van der Waals surface area contributed by atoms with Crippen LogP contribution in [0.4, 0.5) is 0 Å². The Hall–Kier alpha value is -0.210. The van der Waals surface area contributed by atoms with Crippen molar-refractivity contribution in [1.82, 2.24) is 5.32 Å². The van der Waals surface area contributed by atoms with E-state index in [-0.39, 0.29) is 0 Å². The van der Waals surface area contributed by atoms with Crippen LogP contribution < -0.4 is 5.32 Å². The smallest absolute Gasteiger partial charge is 0.0607 e. The Morgan fingerprint density at radius 3 is 2.47 bits per heavy atom. The van der Waals surface area contributed by atoms with Gasteiger partial charge in [0.15, 0.2) is 0 Å². The normalized spacial score (nSPS) is 11.2. The standard InChI is InChI=1S/C11H12Cl3N/c1-15-5-3-2-4-8-6-10(13)11(14)7-9(8)12/h2,4,6-7,15H,3,5H2,1H3. The van der Waals surface area contributed by atoms with Gasteiger partial charge in [0.1, 0.15) is 0 Å². The minimum absolute atomic E-state index is 0.481. The molecule has 0 saturated heterocycles. The summed E-state index contributed by atoms with van der Waals surface area (Å²) in [5.41, 5.74) is 0.891. The molecule has 0 heterocycles. The maximum absolute atomic E-state index is 6.00.